The van der Waals surface area contributed by atoms with Gasteiger partial charge in [-0.15, -0.1) is 0 Å². The molecule has 6 heteroatoms. The third-order valence-electron chi connectivity index (χ3n) is 2.86. The summed E-state index contributed by atoms with van der Waals surface area (Å²) in [4.78, 5) is 7.32. The number of ether oxygens (including phenoxy) is 1. The Hall–Kier alpha value is -2.50. The van der Waals surface area contributed by atoms with Crippen LogP contribution in [0.15, 0.2) is 24.5 Å². The summed E-state index contributed by atoms with van der Waals surface area (Å²) in [6.07, 6.45) is 3.73. The summed E-state index contributed by atoms with van der Waals surface area (Å²) in [6, 6.07) is 3.85. The Labute approximate surface area is 103 Å². The molecule has 0 saturated heterocycles. The Bertz CT molecular complexity index is 712. The highest BCUT2D eigenvalue weighted by molar-refractivity contribution is 5.96. The average molecular weight is 243 g/mol. The maximum atomic E-state index is 5.72. The number of fused-ring (bicyclic) bond motifs is 1. The summed E-state index contributed by atoms with van der Waals surface area (Å²) in [7, 11) is 3.50. The van der Waals surface area contributed by atoms with Gasteiger partial charge in [0.2, 0.25) is 0 Å². The number of rotatable bonds is 2. The molecule has 6 nitrogen and oxygen atoms in total. The van der Waals surface area contributed by atoms with Gasteiger partial charge in [0, 0.05) is 24.4 Å². The van der Waals surface area contributed by atoms with E-state index in [0.29, 0.717) is 5.95 Å². The number of anilines is 1. The van der Waals surface area contributed by atoms with E-state index >= 15 is 0 Å². The highest BCUT2D eigenvalue weighted by Gasteiger charge is 2.13. The van der Waals surface area contributed by atoms with Crippen LogP contribution < -0.4 is 10.5 Å². The number of aryl methyl sites for hydroxylation is 1. The van der Waals surface area contributed by atoms with Gasteiger partial charge in [0.15, 0.2) is 5.95 Å². The molecular weight excluding hydrogens is 230 g/mol. The van der Waals surface area contributed by atoms with Crippen molar-refractivity contribution in [3.05, 3.63) is 24.5 Å². The number of imidazole rings is 1. The minimum atomic E-state index is 0.375. The van der Waals surface area contributed by atoms with Crippen molar-refractivity contribution in [3.8, 4) is 16.9 Å². The predicted molar refractivity (Wildman–Crippen MR) is 69.3 cm³/mol. The zero-order chi connectivity index (χ0) is 12.7. The Balaban J connectivity index is 2.30. The van der Waals surface area contributed by atoms with E-state index in [1.807, 2.05) is 25.4 Å². The van der Waals surface area contributed by atoms with Gasteiger partial charge in [-0.25, -0.2) is 4.98 Å². The number of nitrogen functional groups attached to an aromatic ring is 1. The van der Waals surface area contributed by atoms with E-state index in [1.54, 1.807) is 18.0 Å². The number of hydrogen-bond acceptors (Lipinski definition) is 4. The smallest absolute Gasteiger partial charge is 0.198 e. The molecule has 0 bridgehead atoms. The van der Waals surface area contributed by atoms with E-state index in [1.165, 1.54) is 0 Å². The Morgan fingerprint density at radius 3 is 2.89 bits per heavy atom. The summed E-state index contributed by atoms with van der Waals surface area (Å²) in [5, 5.41) is 4.17. The second-order valence-electron chi connectivity index (χ2n) is 4.06. The van der Waals surface area contributed by atoms with E-state index in [2.05, 4.69) is 15.1 Å². The first-order valence-electron chi connectivity index (χ1n) is 5.50. The Morgan fingerprint density at radius 1 is 1.39 bits per heavy atom. The predicted octanol–water partition coefficient (Wildman–Crippen LogP) is 1.55. The fourth-order valence-corrected chi connectivity index (χ4v) is 2.05. The molecule has 0 aliphatic rings. The standard InChI is InChI=1S/C12H13N5O/c1-17-6-7(5-14-17)8-3-4-9(18-2)11-10(8)15-12(13)16-11/h3-6H,1-2H3,(H3,13,15,16). The van der Waals surface area contributed by atoms with Crippen LogP contribution in [0.3, 0.4) is 0 Å². The molecule has 3 N–H and O–H groups in total. The molecule has 0 unspecified atom stereocenters. The monoisotopic (exact) mass is 243 g/mol. The van der Waals surface area contributed by atoms with Gasteiger partial charge in [-0.2, -0.15) is 5.10 Å². The third-order valence-corrected chi connectivity index (χ3v) is 2.86. The lowest BCUT2D eigenvalue weighted by atomic mass is 10.1. The van der Waals surface area contributed by atoms with Gasteiger partial charge in [-0.05, 0) is 12.1 Å². The van der Waals surface area contributed by atoms with Crippen LogP contribution in [0.1, 0.15) is 0 Å². The molecule has 2 aromatic heterocycles. The van der Waals surface area contributed by atoms with E-state index in [-0.39, 0.29) is 0 Å². The van der Waals surface area contributed by atoms with E-state index in [4.69, 9.17) is 10.5 Å². The minimum absolute atomic E-state index is 0.375. The van der Waals surface area contributed by atoms with Crippen molar-refractivity contribution < 1.29 is 4.74 Å². The van der Waals surface area contributed by atoms with Crippen molar-refractivity contribution in [2.24, 2.45) is 7.05 Å². The second kappa shape index (κ2) is 3.76. The first-order chi connectivity index (χ1) is 8.69. The number of nitrogens with two attached hydrogens (primary N) is 1. The van der Waals surface area contributed by atoms with Crippen molar-refractivity contribution in [1.29, 1.82) is 0 Å². The molecule has 0 saturated carbocycles. The number of methoxy groups -OCH3 is 1. The van der Waals surface area contributed by atoms with E-state index in [9.17, 15) is 0 Å². The van der Waals surface area contributed by atoms with Crippen molar-refractivity contribution in [2.75, 3.05) is 12.8 Å². The Morgan fingerprint density at radius 2 is 2.22 bits per heavy atom. The summed E-state index contributed by atoms with van der Waals surface area (Å²) < 4.78 is 7.04. The van der Waals surface area contributed by atoms with Crippen molar-refractivity contribution >= 4 is 17.0 Å². The fraction of sp³-hybridized carbons (Fsp3) is 0.167. The van der Waals surface area contributed by atoms with E-state index < -0.39 is 0 Å². The molecular formula is C12H13N5O. The first kappa shape index (κ1) is 10.6. The number of nitrogens with one attached hydrogen (secondary N) is 1. The molecule has 0 aliphatic carbocycles. The molecule has 1 aromatic carbocycles. The highest BCUT2D eigenvalue weighted by Crippen LogP contribution is 2.33. The topological polar surface area (TPSA) is 81.8 Å². The molecule has 3 rings (SSSR count). The van der Waals surface area contributed by atoms with Crippen LogP contribution in [0, 0.1) is 0 Å². The van der Waals surface area contributed by atoms with E-state index in [0.717, 1.165) is 27.9 Å². The first-order valence-corrected chi connectivity index (χ1v) is 5.50. The van der Waals surface area contributed by atoms with Crippen LogP contribution in [0.25, 0.3) is 22.2 Å². The van der Waals surface area contributed by atoms with Crippen LogP contribution in [0.5, 0.6) is 5.75 Å². The summed E-state index contributed by atoms with van der Waals surface area (Å²) >= 11 is 0. The lowest BCUT2D eigenvalue weighted by Crippen LogP contribution is -1.87. The normalized spacial score (nSPS) is 11.0. The number of aromatic amines is 1. The zero-order valence-electron chi connectivity index (χ0n) is 10.1. The van der Waals surface area contributed by atoms with Gasteiger partial charge >= 0.3 is 0 Å². The number of H-pyrrole nitrogens is 1. The summed E-state index contributed by atoms with van der Waals surface area (Å²) in [5.41, 5.74) is 9.29. The molecule has 0 radical (unpaired) electrons. The number of hydrogen-bond donors (Lipinski definition) is 2. The van der Waals surface area contributed by atoms with Crippen molar-refractivity contribution in [2.45, 2.75) is 0 Å². The van der Waals surface area contributed by atoms with Crippen molar-refractivity contribution in [3.63, 3.8) is 0 Å². The largest absolute Gasteiger partial charge is 0.494 e. The van der Waals surface area contributed by atoms with Crippen LogP contribution in [-0.2, 0) is 7.05 Å². The maximum Gasteiger partial charge on any atom is 0.198 e. The van der Waals surface area contributed by atoms with Gasteiger partial charge in [-0.3, -0.25) is 4.68 Å². The molecule has 18 heavy (non-hydrogen) atoms. The number of nitrogens with zero attached hydrogens (tertiary/aromatic N) is 3. The average Bonchev–Trinajstić information content (AvgIpc) is 2.93. The summed E-state index contributed by atoms with van der Waals surface area (Å²) in [6.45, 7) is 0. The van der Waals surface area contributed by atoms with Crippen LogP contribution in [0.2, 0.25) is 0 Å². The van der Waals surface area contributed by atoms with Crippen molar-refractivity contribution in [1.82, 2.24) is 19.7 Å². The van der Waals surface area contributed by atoms with Gasteiger partial charge in [0.05, 0.1) is 13.3 Å². The Kier molecular flexibility index (Phi) is 2.22. The molecule has 92 valence electrons. The molecule has 0 atom stereocenters. The third kappa shape index (κ3) is 1.50. The van der Waals surface area contributed by atoms with Gasteiger partial charge in [-0.1, -0.05) is 0 Å². The maximum absolute atomic E-state index is 5.72. The molecule has 2 heterocycles. The second-order valence-corrected chi connectivity index (χ2v) is 4.06. The highest BCUT2D eigenvalue weighted by atomic mass is 16.5. The quantitative estimate of drug-likeness (QED) is 0.715. The molecule has 0 spiro atoms. The SMILES string of the molecule is COc1ccc(-c2cnn(C)c2)c2nc(N)[nH]c12. The minimum Gasteiger partial charge on any atom is -0.494 e. The van der Waals surface area contributed by atoms with Crippen LogP contribution >= 0.6 is 0 Å². The lowest BCUT2D eigenvalue weighted by Gasteiger charge is -2.04. The molecule has 0 fully saturated rings. The fourth-order valence-electron chi connectivity index (χ4n) is 2.05. The number of aromatic nitrogens is 4. The molecule has 0 aliphatic heterocycles. The van der Waals surface area contributed by atoms with Gasteiger partial charge in [0.1, 0.15) is 16.8 Å². The van der Waals surface area contributed by atoms with Gasteiger partial charge < -0.3 is 15.5 Å². The molecule has 0 amide bonds. The lowest BCUT2D eigenvalue weighted by molar-refractivity contribution is 0.419. The zero-order valence-corrected chi connectivity index (χ0v) is 10.1. The van der Waals surface area contributed by atoms with Crippen LogP contribution in [-0.4, -0.2) is 26.9 Å². The summed E-state index contributed by atoms with van der Waals surface area (Å²) in [5.74, 6) is 1.10. The number of benzene rings is 1. The van der Waals surface area contributed by atoms with Crippen LogP contribution in [0.4, 0.5) is 5.95 Å². The van der Waals surface area contributed by atoms with Gasteiger partial charge in [0.25, 0.3) is 0 Å². The molecule has 3 aromatic rings.